The van der Waals surface area contributed by atoms with E-state index in [-0.39, 0.29) is 5.41 Å². The van der Waals surface area contributed by atoms with Gasteiger partial charge in [0.25, 0.3) is 0 Å². The third-order valence-corrected chi connectivity index (χ3v) is 8.68. The molecule has 6 rings (SSSR count). The summed E-state index contributed by atoms with van der Waals surface area (Å²) in [5.41, 5.74) is 0.947. The quantitative estimate of drug-likeness (QED) is 0.250. The second-order valence-electron chi connectivity index (χ2n) is 10.6. The number of rotatable bonds is 8. The summed E-state index contributed by atoms with van der Waals surface area (Å²) in [6.07, 6.45) is 3.13. The molecule has 0 spiro atoms. The van der Waals surface area contributed by atoms with Gasteiger partial charge in [-0.3, -0.25) is 0 Å². The summed E-state index contributed by atoms with van der Waals surface area (Å²) in [5, 5.41) is 15.0. The van der Waals surface area contributed by atoms with Crippen molar-refractivity contribution in [3.63, 3.8) is 0 Å². The van der Waals surface area contributed by atoms with Crippen LogP contribution in [0.5, 0.6) is 5.75 Å². The van der Waals surface area contributed by atoms with Crippen molar-refractivity contribution in [1.82, 2.24) is 0 Å². The van der Waals surface area contributed by atoms with E-state index in [0.29, 0.717) is 0 Å². The van der Waals surface area contributed by atoms with Gasteiger partial charge < -0.3 is 14.3 Å². The summed E-state index contributed by atoms with van der Waals surface area (Å²) in [4.78, 5) is 0. The van der Waals surface area contributed by atoms with Gasteiger partial charge in [-0.05, 0) is 34.0 Å². The standard InChI is InChI=1S/C32H34NO2/c34-32(28-12-3-1-4-13-28,29-14-5-2-6-15-29)31-18-21-33(25-31,22-19-31)20-9-23-35-30-17-16-26-10-7-8-11-27(26)24-30/h1-8,10-17,24,34H,9,18-23,25H2/q+1. The van der Waals surface area contributed by atoms with E-state index >= 15 is 0 Å². The van der Waals surface area contributed by atoms with Crippen LogP contribution in [0.3, 0.4) is 0 Å². The van der Waals surface area contributed by atoms with E-state index in [2.05, 4.69) is 91.0 Å². The maximum atomic E-state index is 12.5. The van der Waals surface area contributed by atoms with Gasteiger partial charge in [-0.2, -0.15) is 0 Å². The Morgan fingerprint density at radius 2 is 1.34 bits per heavy atom. The number of nitrogens with zero attached hydrogens (tertiary/aromatic N) is 1. The molecule has 1 N–H and O–H groups in total. The number of benzene rings is 4. The number of hydrogen-bond donors (Lipinski definition) is 1. The van der Waals surface area contributed by atoms with E-state index in [4.69, 9.17) is 4.74 Å². The molecule has 0 radical (unpaired) electrons. The molecule has 2 aliphatic rings. The van der Waals surface area contributed by atoms with Crippen molar-refractivity contribution in [3.8, 4) is 5.75 Å². The number of quaternary nitrogens is 1. The third-order valence-electron chi connectivity index (χ3n) is 8.68. The molecule has 0 unspecified atom stereocenters. The van der Waals surface area contributed by atoms with Gasteiger partial charge in [0.05, 0.1) is 38.2 Å². The Hall–Kier alpha value is -3.14. The van der Waals surface area contributed by atoms with Gasteiger partial charge in [-0.1, -0.05) is 91.0 Å². The Kier molecular flexibility index (Phi) is 5.63. The SMILES string of the molecule is OC(c1ccccc1)(c1ccccc1)C12CC[N+](CCCOc3ccc4ccccc4c3)(CC1)C2. The third kappa shape index (κ3) is 3.84. The van der Waals surface area contributed by atoms with Crippen molar-refractivity contribution in [2.24, 2.45) is 5.41 Å². The lowest BCUT2D eigenvalue weighted by molar-refractivity contribution is -0.909. The van der Waals surface area contributed by atoms with Crippen LogP contribution in [0.4, 0.5) is 0 Å². The number of ether oxygens (including phenoxy) is 1. The predicted octanol–water partition coefficient (Wildman–Crippen LogP) is 6.16. The highest BCUT2D eigenvalue weighted by atomic mass is 16.5. The monoisotopic (exact) mass is 464 g/mol. The van der Waals surface area contributed by atoms with E-state index in [1.165, 1.54) is 10.8 Å². The maximum Gasteiger partial charge on any atom is 0.126 e. The molecule has 4 aromatic rings. The molecule has 2 fully saturated rings. The minimum absolute atomic E-state index is 0.130. The first-order valence-corrected chi connectivity index (χ1v) is 12.9. The molecule has 35 heavy (non-hydrogen) atoms. The normalized spacial score (nSPS) is 23.6. The van der Waals surface area contributed by atoms with Crippen LogP contribution in [0.25, 0.3) is 10.8 Å². The highest BCUT2D eigenvalue weighted by molar-refractivity contribution is 5.83. The Morgan fingerprint density at radius 3 is 2.00 bits per heavy atom. The van der Waals surface area contributed by atoms with Crippen LogP contribution >= 0.6 is 0 Å². The molecule has 4 aromatic carbocycles. The van der Waals surface area contributed by atoms with Gasteiger partial charge in [-0.25, -0.2) is 0 Å². The first-order valence-electron chi connectivity index (χ1n) is 12.9. The summed E-state index contributed by atoms with van der Waals surface area (Å²) in [5.74, 6) is 0.948. The first-order chi connectivity index (χ1) is 17.1. The maximum absolute atomic E-state index is 12.5. The van der Waals surface area contributed by atoms with Gasteiger partial charge in [0.1, 0.15) is 11.4 Å². The van der Waals surface area contributed by atoms with Crippen molar-refractivity contribution in [2.75, 3.05) is 32.8 Å². The molecule has 0 aromatic heterocycles. The lowest BCUT2D eigenvalue weighted by Gasteiger charge is -2.42. The van der Waals surface area contributed by atoms with Crippen LogP contribution < -0.4 is 4.74 Å². The lowest BCUT2D eigenvalue weighted by Crippen LogP contribution is -2.47. The Labute approximate surface area is 208 Å². The second kappa shape index (κ2) is 8.82. The average Bonchev–Trinajstić information content (AvgIpc) is 3.50. The van der Waals surface area contributed by atoms with Crippen molar-refractivity contribution in [3.05, 3.63) is 114 Å². The fourth-order valence-electron chi connectivity index (χ4n) is 6.86. The van der Waals surface area contributed by atoms with E-state index < -0.39 is 5.60 Å². The van der Waals surface area contributed by atoms with E-state index in [0.717, 1.165) is 73.4 Å². The Bertz CT molecular complexity index is 1250. The highest BCUT2D eigenvalue weighted by Gasteiger charge is 2.65. The molecule has 2 heterocycles. The van der Waals surface area contributed by atoms with E-state index in [9.17, 15) is 5.11 Å². The number of aliphatic hydroxyl groups is 1. The molecular weight excluding hydrogens is 430 g/mol. The van der Waals surface area contributed by atoms with Gasteiger partial charge in [0, 0.05) is 19.3 Å². The lowest BCUT2D eigenvalue weighted by atomic mass is 9.63. The van der Waals surface area contributed by atoms with Gasteiger partial charge >= 0.3 is 0 Å². The Balaban J connectivity index is 1.17. The molecule has 2 saturated heterocycles. The molecule has 2 aliphatic heterocycles. The fourth-order valence-corrected chi connectivity index (χ4v) is 6.86. The number of hydrogen-bond acceptors (Lipinski definition) is 2. The van der Waals surface area contributed by atoms with E-state index in [1.807, 2.05) is 12.1 Å². The largest absolute Gasteiger partial charge is 0.493 e. The molecule has 3 heteroatoms. The second-order valence-corrected chi connectivity index (χ2v) is 10.6. The molecule has 0 saturated carbocycles. The molecule has 3 nitrogen and oxygen atoms in total. The fraction of sp³-hybridized carbons (Fsp3) is 0.312. The minimum atomic E-state index is -0.965. The molecule has 0 amide bonds. The van der Waals surface area contributed by atoms with E-state index in [1.54, 1.807) is 0 Å². The summed E-state index contributed by atoms with van der Waals surface area (Å²) in [6.45, 7) is 5.14. The smallest absolute Gasteiger partial charge is 0.126 e. The minimum Gasteiger partial charge on any atom is -0.493 e. The number of fused-ring (bicyclic) bond motifs is 3. The van der Waals surface area contributed by atoms with Gasteiger partial charge in [0.2, 0.25) is 0 Å². The topological polar surface area (TPSA) is 29.5 Å². The number of piperidine rings is 1. The van der Waals surface area contributed by atoms with Gasteiger partial charge in [-0.15, -0.1) is 0 Å². The first kappa shape index (κ1) is 22.3. The zero-order valence-corrected chi connectivity index (χ0v) is 20.3. The summed E-state index contributed by atoms with van der Waals surface area (Å²) in [6, 6.07) is 35.4. The van der Waals surface area contributed by atoms with Crippen LogP contribution in [0, 0.1) is 5.41 Å². The molecule has 0 atom stereocenters. The molecule has 178 valence electrons. The highest BCUT2D eigenvalue weighted by Crippen LogP contribution is 2.58. The van der Waals surface area contributed by atoms with Crippen LogP contribution in [-0.4, -0.2) is 42.4 Å². The summed E-state index contributed by atoms with van der Waals surface area (Å²) >= 11 is 0. The van der Waals surface area contributed by atoms with Crippen molar-refractivity contribution in [1.29, 1.82) is 0 Å². The molecule has 2 bridgehead atoms. The van der Waals surface area contributed by atoms with Crippen LogP contribution in [0.1, 0.15) is 30.4 Å². The molecular formula is C32H34NO2+. The van der Waals surface area contributed by atoms with Crippen LogP contribution in [-0.2, 0) is 5.60 Å². The van der Waals surface area contributed by atoms with Crippen molar-refractivity contribution >= 4 is 10.8 Å². The Morgan fingerprint density at radius 1 is 0.743 bits per heavy atom. The summed E-state index contributed by atoms with van der Waals surface area (Å²) in [7, 11) is 0. The van der Waals surface area contributed by atoms with Crippen LogP contribution in [0.2, 0.25) is 0 Å². The predicted molar refractivity (Wildman–Crippen MR) is 141 cm³/mol. The van der Waals surface area contributed by atoms with Crippen LogP contribution in [0.15, 0.2) is 103 Å². The molecule has 0 aliphatic carbocycles. The summed E-state index contributed by atoms with van der Waals surface area (Å²) < 4.78 is 7.25. The average molecular weight is 465 g/mol. The zero-order chi connectivity index (χ0) is 23.8. The van der Waals surface area contributed by atoms with Gasteiger partial charge in [0.15, 0.2) is 0 Å². The van der Waals surface area contributed by atoms with Crippen molar-refractivity contribution < 1.29 is 14.3 Å². The van der Waals surface area contributed by atoms with Crippen molar-refractivity contribution in [2.45, 2.75) is 24.9 Å². The zero-order valence-electron chi connectivity index (χ0n) is 20.3.